The average Bonchev–Trinajstić information content (AvgIpc) is 3.18. The molecule has 0 aromatic heterocycles. The maximum atomic E-state index is 12.3. The van der Waals surface area contributed by atoms with Gasteiger partial charge in [-0.2, -0.15) is 0 Å². The van der Waals surface area contributed by atoms with Crippen LogP contribution in [0, 0.1) is 23.2 Å². The first kappa shape index (κ1) is 41.4. The molecule has 0 saturated heterocycles. The lowest BCUT2D eigenvalue weighted by Crippen LogP contribution is -2.49. The van der Waals surface area contributed by atoms with Gasteiger partial charge in [0.05, 0.1) is 17.8 Å². The molecule has 0 unspecified atom stereocenters. The molecule has 7 atom stereocenters. The molecule has 7 heteroatoms. The first-order valence-corrected chi connectivity index (χ1v) is 24.8. The summed E-state index contributed by atoms with van der Waals surface area (Å²) in [5.41, 5.74) is 3.29. The molecule has 3 rings (SSSR count). The molecule has 0 amide bonds. The number of rotatable bonds is 11. The Balaban J connectivity index is 1.97. The first-order chi connectivity index (χ1) is 21.7. The third-order valence-corrected chi connectivity index (χ3v) is 22.2. The van der Waals surface area contributed by atoms with Crippen LogP contribution in [0.1, 0.15) is 134 Å². The van der Waals surface area contributed by atoms with Crippen molar-refractivity contribution in [3.63, 3.8) is 0 Å². The summed E-state index contributed by atoms with van der Waals surface area (Å²) in [5.74, 6) is 0.912. The lowest BCUT2D eigenvalue weighted by Gasteiger charge is -2.46. The molecule has 0 radical (unpaired) electrons. The zero-order valence-corrected chi connectivity index (χ0v) is 35.8. The number of carbonyl (C=O) groups excluding carboxylic acids is 1. The largest absolute Gasteiger partial charge is 0.462 e. The van der Waals surface area contributed by atoms with Gasteiger partial charge in [0.15, 0.2) is 16.6 Å². The van der Waals surface area contributed by atoms with Crippen LogP contribution in [0.15, 0.2) is 35.5 Å². The van der Waals surface area contributed by atoms with E-state index in [1.54, 1.807) is 6.92 Å². The highest BCUT2D eigenvalue weighted by Crippen LogP contribution is 2.61. The van der Waals surface area contributed by atoms with Crippen LogP contribution in [0.4, 0.5) is 0 Å². The fraction of sp³-hybridized carbons (Fsp3) is 0.829. The van der Waals surface area contributed by atoms with Crippen LogP contribution < -0.4 is 0 Å². The number of fused-ring (bicyclic) bond motifs is 1. The van der Waals surface area contributed by atoms with E-state index < -0.39 is 22.2 Å². The summed E-state index contributed by atoms with van der Waals surface area (Å²) in [7, 11) is -4.02. The summed E-state index contributed by atoms with van der Waals surface area (Å²) in [4.78, 5) is 12.3. The minimum Gasteiger partial charge on any atom is -0.462 e. The van der Waals surface area contributed by atoms with Crippen LogP contribution >= 0.6 is 0 Å². The van der Waals surface area contributed by atoms with E-state index in [1.165, 1.54) is 11.1 Å². The van der Waals surface area contributed by atoms with E-state index in [1.807, 2.05) is 13.8 Å². The van der Waals surface area contributed by atoms with Crippen molar-refractivity contribution in [2.24, 2.45) is 23.2 Å². The molecule has 0 aromatic rings. The Bertz CT molecular complexity index is 1210. The fourth-order valence-electron chi connectivity index (χ4n) is 8.42. The van der Waals surface area contributed by atoms with E-state index in [0.29, 0.717) is 17.8 Å². The summed E-state index contributed by atoms with van der Waals surface area (Å²) in [6, 6.07) is 0. The summed E-state index contributed by atoms with van der Waals surface area (Å²) < 4.78 is 20.3. The molecule has 3 saturated carbocycles. The lowest BCUT2D eigenvalue weighted by molar-refractivity contribution is -0.150. The van der Waals surface area contributed by atoms with Crippen LogP contribution in [0.5, 0.6) is 0 Å². The SMILES string of the molecule is C=C1/C(=C\C=C2/CCC[C@]3(C)[C@@H]([C@@H](C)CCCC(C)(C)O)[C@H](OC(C)=O)C[C@@H]23)C[C@@H](O[Si](C)(C)C(C)(C)C)C[C@@H]1O[Si](C)(C)C(C)(C)C. The number of ether oxygens (including phenoxy) is 1. The molecule has 3 aliphatic carbocycles. The summed E-state index contributed by atoms with van der Waals surface area (Å²) in [6.07, 6.45) is 13.6. The van der Waals surface area contributed by atoms with E-state index >= 15 is 0 Å². The van der Waals surface area contributed by atoms with Gasteiger partial charge in [0.1, 0.15) is 6.10 Å². The molecule has 48 heavy (non-hydrogen) atoms. The van der Waals surface area contributed by atoms with Crippen molar-refractivity contribution in [2.75, 3.05) is 0 Å². The smallest absolute Gasteiger partial charge is 0.302 e. The van der Waals surface area contributed by atoms with Crippen molar-refractivity contribution in [1.29, 1.82) is 0 Å². The number of hydrogen-bond acceptors (Lipinski definition) is 5. The highest BCUT2D eigenvalue weighted by atomic mass is 28.4. The molecule has 5 nitrogen and oxygen atoms in total. The number of esters is 1. The van der Waals surface area contributed by atoms with E-state index in [9.17, 15) is 9.90 Å². The van der Waals surface area contributed by atoms with Gasteiger partial charge < -0.3 is 18.7 Å². The second-order valence-electron chi connectivity index (χ2n) is 19.8. The van der Waals surface area contributed by atoms with Gasteiger partial charge in [-0.25, -0.2) is 0 Å². The van der Waals surface area contributed by atoms with Crippen molar-refractivity contribution in [1.82, 2.24) is 0 Å². The summed E-state index contributed by atoms with van der Waals surface area (Å²) >= 11 is 0. The molecule has 3 aliphatic rings. The summed E-state index contributed by atoms with van der Waals surface area (Å²) in [5, 5.41) is 10.6. The van der Waals surface area contributed by atoms with Crippen molar-refractivity contribution in [3.8, 4) is 0 Å². The molecule has 276 valence electrons. The van der Waals surface area contributed by atoms with Gasteiger partial charge in [-0.1, -0.05) is 92.5 Å². The van der Waals surface area contributed by atoms with Crippen molar-refractivity contribution < 1.29 is 23.5 Å². The highest BCUT2D eigenvalue weighted by Gasteiger charge is 2.56. The average molecular weight is 703 g/mol. The normalized spacial score (nSPS) is 31.7. The molecule has 0 heterocycles. The second kappa shape index (κ2) is 14.9. The quantitative estimate of drug-likeness (QED) is 0.171. The zero-order valence-electron chi connectivity index (χ0n) is 33.8. The van der Waals surface area contributed by atoms with Gasteiger partial charge in [0.25, 0.3) is 0 Å². The van der Waals surface area contributed by atoms with Crippen LogP contribution in [0.2, 0.25) is 36.3 Å². The van der Waals surface area contributed by atoms with Crippen LogP contribution in [0.3, 0.4) is 0 Å². The van der Waals surface area contributed by atoms with Gasteiger partial charge in [0.2, 0.25) is 0 Å². The molecule has 0 spiro atoms. The fourth-order valence-corrected chi connectivity index (χ4v) is 11.1. The number of allylic oxidation sites excluding steroid dienone is 3. The number of aliphatic hydroxyl groups is 1. The van der Waals surface area contributed by atoms with Gasteiger partial charge in [-0.3, -0.25) is 4.79 Å². The van der Waals surface area contributed by atoms with Crippen molar-refractivity contribution in [2.45, 2.75) is 194 Å². The predicted molar refractivity (Wildman–Crippen MR) is 207 cm³/mol. The molecule has 0 bridgehead atoms. The molecular weight excluding hydrogens is 629 g/mol. The molecule has 0 aromatic carbocycles. The Hall–Kier alpha value is -0.996. The second-order valence-corrected chi connectivity index (χ2v) is 29.3. The highest BCUT2D eigenvalue weighted by molar-refractivity contribution is 6.74. The van der Waals surface area contributed by atoms with Crippen LogP contribution in [-0.4, -0.2) is 51.6 Å². The Kier molecular flexibility index (Phi) is 12.9. The predicted octanol–water partition coefficient (Wildman–Crippen LogP) is 11.3. The number of carbonyl (C=O) groups is 1. The maximum Gasteiger partial charge on any atom is 0.302 e. The third kappa shape index (κ3) is 9.86. The van der Waals surface area contributed by atoms with Gasteiger partial charge in [-0.05, 0) is 117 Å². The first-order valence-electron chi connectivity index (χ1n) is 19.0. The Morgan fingerprint density at radius 1 is 1.00 bits per heavy atom. The molecule has 1 N–H and O–H groups in total. The van der Waals surface area contributed by atoms with E-state index in [-0.39, 0.29) is 39.8 Å². The molecule has 3 fully saturated rings. The van der Waals surface area contributed by atoms with Gasteiger partial charge in [-0.15, -0.1) is 0 Å². The topological polar surface area (TPSA) is 65.0 Å². The van der Waals surface area contributed by atoms with E-state index in [4.69, 9.17) is 13.6 Å². The number of hydrogen-bond donors (Lipinski definition) is 1. The molecule has 0 aliphatic heterocycles. The minimum atomic E-state index is -2.03. The minimum absolute atomic E-state index is 0.0374. The van der Waals surface area contributed by atoms with Crippen molar-refractivity contribution >= 4 is 22.6 Å². The van der Waals surface area contributed by atoms with Crippen LogP contribution in [-0.2, 0) is 18.4 Å². The Labute approximate surface area is 298 Å². The van der Waals surface area contributed by atoms with Gasteiger partial charge in [0, 0.05) is 19.3 Å². The standard InChI is InChI=1S/C41H74O5Si2/c1-28(19-17-23-40(10,11)43)37-36(44-30(3)42)27-34-31(20-18-24-41(34,37)12)21-22-32-25-33(45-47(13,14)38(4,5)6)26-35(29(32)2)46-48(15,16)39(7,8)9/h21-22,28,33-37,43H,2,17-20,23-27H2,1,3-16H3/b31-21+,32-22-/t28-,33+,34-,35-,36+,37-,41-/m0/s1. The maximum absolute atomic E-state index is 12.3. The Morgan fingerprint density at radius 3 is 2.12 bits per heavy atom. The van der Waals surface area contributed by atoms with Crippen molar-refractivity contribution in [3.05, 3.63) is 35.5 Å². The zero-order chi connectivity index (χ0) is 36.7. The van der Waals surface area contributed by atoms with E-state index in [0.717, 1.165) is 63.4 Å². The lowest BCUT2D eigenvalue weighted by atomic mass is 9.60. The Morgan fingerprint density at radius 2 is 1.58 bits per heavy atom. The monoisotopic (exact) mass is 703 g/mol. The van der Waals surface area contributed by atoms with Crippen LogP contribution in [0.25, 0.3) is 0 Å². The molecular formula is C41H74O5Si2. The van der Waals surface area contributed by atoms with Gasteiger partial charge >= 0.3 is 5.97 Å². The summed E-state index contributed by atoms with van der Waals surface area (Å²) in [6.45, 7) is 38.1. The van der Waals surface area contributed by atoms with E-state index in [2.05, 4.69) is 100 Å². The third-order valence-electron chi connectivity index (χ3n) is 13.2.